The quantitative estimate of drug-likeness (QED) is 0.464. The number of aromatic nitrogens is 3. The highest BCUT2D eigenvalue weighted by atomic mass is 32.1. The molecule has 2 heterocycles. The largest absolute Gasteiger partial charge is 0.434 e. The summed E-state index contributed by atoms with van der Waals surface area (Å²) in [4.78, 5) is 7.62. The molecular formula is C15H21F3N6S. The monoisotopic (exact) mass is 374 g/mol. The van der Waals surface area contributed by atoms with E-state index in [1.807, 2.05) is 24.6 Å². The lowest BCUT2D eigenvalue weighted by Crippen LogP contribution is -2.37. The van der Waals surface area contributed by atoms with Crippen molar-refractivity contribution < 1.29 is 13.2 Å². The van der Waals surface area contributed by atoms with Crippen molar-refractivity contribution in [2.75, 3.05) is 13.6 Å². The van der Waals surface area contributed by atoms with Gasteiger partial charge >= 0.3 is 6.18 Å². The normalized spacial score (nSPS) is 12.5. The predicted molar refractivity (Wildman–Crippen MR) is 91.6 cm³/mol. The van der Waals surface area contributed by atoms with E-state index in [1.54, 1.807) is 7.05 Å². The molecule has 0 spiro atoms. The lowest BCUT2D eigenvalue weighted by Gasteiger charge is -2.11. The molecule has 0 aliphatic heterocycles. The Morgan fingerprint density at radius 3 is 2.64 bits per heavy atom. The summed E-state index contributed by atoms with van der Waals surface area (Å²) in [7, 11) is 1.61. The standard InChI is InChI=1S/C15H21F3N6S/c1-10-7-11(2)24(23-10)6-4-5-20-14(19-3)21-8-13-22-12(9-25-13)15(16,17)18/h7,9H,4-6,8H2,1-3H3,(H2,19,20,21). The lowest BCUT2D eigenvalue weighted by molar-refractivity contribution is -0.140. The first-order valence-corrected chi connectivity index (χ1v) is 8.64. The first kappa shape index (κ1) is 19.2. The first-order valence-electron chi connectivity index (χ1n) is 7.76. The number of hydrogen-bond acceptors (Lipinski definition) is 4. The summed E-state index contributed by atoms with van der Waals surface area (Å²) in [5.41, 5.74) is 1.25. The maximum Gasteiger partial charge on any atom is 0.434 e. The minimum absolute atomic E-state index is 0.192. The molecule has 0 saturated carbocycles. The van der Waals surface area contributed by atoms with Gasteiger partial charge in [0, 0.05) is 31.2 Å². The predicted octanol–water partition coefficient (Wildman–Crippen LogP) is 2.73. The number of aryl methyl sites for hydroxylation is 3. The number of halogens is 3. The zero-order valence-corrected chi connectivity index (χ0v) is 15.1. The third-order valence-electron chi connectivity index (χ3n) is 3.42. The minimum Gasteiger partial charge on any atom is -0.356 e. The van der Waals surface area contributed by atoms with Gasteiger partial charge in [-0.3, -0.25) is 9.67 Å². The average molecular weight is 374 g/mol. The van der Waals surface area contributed by atoms with Gasteiger partial charge in [-0.2, -0.15) is 18.3 Å². The third-order valence-corrected chi connectivity index (χ3v) is 4.26. The van der Waals surface area contributed by atoms with Crippen molar-refractivity contribution in [3.63, 3.8) is 0 Å². The van der Waals surface area contributed by atoms with E-state index in [2.05, 4.69) is 25.7 Å². The molecule has 6 nitrogen and oxygen atoms in total. The number of hydrogen-bond donors (Lipinski definition) is 2. The first-order chi connectivity index (χ1) is 11.8. The second-order valence-corrected chi connectivity index (χ2v) is 6.42. The highest BCUT2D eigenvalue weighted by molar-refractivity contribution is 7.09. The van der Waals surface area contributed by atoms with Crippen molar-refractivity contribution in [3.8, 4) is 0 Å². The van der Waals surface area contributed by atoms with Crippen molar-refractivity contribution in [3.05, 3.63) is 33.5 Å². The summed E-state index contributed by atoms with van der Waals surface area (Å²) >= 11 is 0.970. The van der Waals surface area contributed by atoms with Crippen LogP contribution in [0.2, 0.25) is 0 Å². The molecule has 25 heavy (non-hydrogen) atoms. The number of rotatable bonds is 6. The summed E-state index contributed by atoms with van der Waals surface area (Å²) in [6.07, 6.45) is -3.56. The Hall–Kier alpha value is -2.10. The van der Waals surface area contributed by atoms with Gasteiger partial charge in [0.25, 0.3) is 0 Å². The van der Waals surface area contributed by atoms with E-state index < -0.39 is 11.9 Å². The van der Waals surface area contributed by atoms with Crippen molar-refractivity contribution in [1.82, 2.24) is 25.4 Å². The molecule has 2 N–H and O–H groups in total. The van der Waals surface area contributed by atoms with E-state index in [1.165, 1.54) is 0 Å². The van der Waals surface area contributed by atoms with Gasteiger partial charge in [-0.1, -0.05) is 0 Å². The molecule has 0 bridgehead atoms. The number of alkyl halides is 3. The van der Waals surface area contributed by atoms with Gasteiger partial charge in [0.1, 0.15) is 5.01 Å². The Kier molecular flexibility index (Phi) is 6.40. The second-order valence-electron chi connectivity index (χ2n) is 5.48. The fourth-order valence-corrected chi connectivity index (χ4v) is 2.98. The van der Waals surface area contributed by atoms with Crippen LogP contribution in [0.4, 0.5) is 13.2 Å². The highest BCUT2D eigenvalue weighted by Crippen LogP contribution is 2.29. The molecule has 0 radical (unpaired) electrons. The Labute approximate surface area is 148 Å². The Morgan fingerprint density at radius 1 is 1.32 bits per heavy atom. The molecule has 2 aromatic rings. The van der Waals surface area contributed by atoms with Crippen LogP contribution in [0.1, 0.15) is 28.5 Å². The zero-order chi connectivity index (χ0) is 18.4. The maximum absolute atomic E-state index is 12.5. The molecule has 0 atom stereocenters. The average Bonchev–Trinajstić information content (AvgIpc) is 3.13. The second kappa shape index (κ2) is 8.32. The fourth-order valence-electron chi connectivity index (χ4n) is 2.24. The molecule has 0 aliphatic carbocycles. The van der Waals surface area contributed by atoms with Crippen molar-refractivity contribution in [1.29, 1.82) is 0 Å². The Balaban J connectivity index is 1.73. The number of guanidine groups is 1. The van der Waals surface area contributed by atoms with Crippen molar-refractivity contribution in [2.45, 2.75) is 39.5 Å². The van der Waals surface area contributed by atoms with E-state index in [9.17, 15) is 13.2 Å². The van der Waals surface area contributed by atoms with Gasteiger partial charge in [-0.05, 0) is 26.3 Å². The molecule has 0 saturated heterocycles. The third kappa shape index (κ3) is 5.73. The van der Waals surface area contributed by atoms with Crippen LogP contribution in [-0.4, -0.2) is 34.3 Å². The maximum atomic E-state index is 12.5. The Bertz CT molecular complexity index is 719. The number of thiazole rings is 1. The lowest BCUT2D eigenvalue weighted by atomic mass is 10.4. The SMILES string of the molecule is CN=C(NCCCn1nc(C)cc1C)NCc1nc(C(F)(F)F)cs1. The summed E-state index contributed by atoms with van der Waals surface area (Å²) in [6.45, 7) is 5.61. The Morgan fingerprint density at radius 2 is 2.08 bits per heavy atom. The number of aliphatic imine (C=N–C) groups is 1. The van der Waals surface area contributed by atoms with Crippen LogP contribution in [-0.2, 0) is 19.3 Å². The van der Waals surface area contributed by atoms with E-state index in [0.717, 1.165) is 41.1 Å². The van der Waals surface area contributed by atoms with Gasteiger partial charge in [-0.25, -0.2) is 4.98 Å². The molecule has 0 amide bonds. The van der Waals surface area contributed by atoms with Crippen molar-refractivity contribution >= 4 is 17.3 Å². The van der Waals surface area contributed by atoms with Crippen LogP contribution in [0.15, 0.2) is 16.4 Å². The molecule has 0 aromatic carbocycles. The van der Waals surface area contributed by atoms with E-state index in [0.29, 0.717) is 17.5 Å². The molecule has 2 rings (SSSR count). The van der Waals surface area contributed by atoms with Crippen LogP contribution in [0.5, 0.6) is 0 Å². The summed E-state index contributed by atoms with van der Waals surface area (Å²) in [5, 5.41) is 11.9. The van der Waals surface area contributed by atoms with Gasteiger partial charge < -0.3 is 10.6 Å². The minimum atomic E-state index is -4.41. The van der Waals surface area contributed by atoms with Gasteiger partial charge in [0.05, 0.1) is 12.2 Å². The highest BCUT2D eigenvalue weighted by Gasteiger charge is 2.33. The molecule has 138 valence electrons. The molecule has 0 unspecified atom stereocenters. The molecule has 0 aliphatic rings. The molecule has 10 heteroatoms. The molecule has 0 fully saturated rings. The van der Waals surface area contributed by atoms with Crippen LogP contribution >= 0.6 is 11.3 Å². The van der Waals surface area contributed by atoms with Gasteiger partial charge in [0.15, 0.2) is 11.7 Å². The zero-order valence-electron chi connectivity index (χ0n) is 14.3. The van der Waals surface area contributed by atoms with Crippen molar-refractivity contribution in [2.24, 2.45) is 4.99 Å². The van der Waals surface area contributed by atoms with E-state index in [4.69, 9.17) is 0 Å². The van der Waals surface area contributed by atoms with Gasteiger partial charge in [0.2, 0.25) is 0 Å². The fraction of sp³-hybridized carbons (Fsp3) is 0.533. The smallest absolute Gasteiger partial charge is 0.356 e. The number of nitrogens with zero attached hydrogens (tertiary/aromatic N) is 4. The summed E-state index contributed by atoms with van der Waals surface area (Å²) < 4.78 is 39.5. The topological polar surface area (TPSA) is 67.1 Å². The van der Waals surface area contributed by atoms with Crippen LogP contribution in [0.25, 0.3) is 0 Å². The summed E-state index contributed by atoms with van der Waals surface area (Å²) in [6, 6.07) is 2.02. The number of nitrogens with one attached hydrogen (secondary N) is 2. The van der Waals surface area contributed by atoms with Crippen LogP contribution in [0, 0.1) is 13.8 Å². The van der Waals surface area contributed by atoms with Crippen LogP contribution in [0.3, 0.4) is 0 Å². The van der Waals surface area contributed by atoms with E-state index in [-0.39, 0.29) is 6.54 Å². The van der Waals surface area contributed by atoms with Gasteiger partial charge in [-0.15, -0.1) is 11.3 Å². The van der Waals surface area contributed by atoms with Crippen LogP contribution < -0.4 is 10.6 Å². The summed E-state index contributed by atoms with van der Waals surface area (Å²) in [5.74, 6) is 0.525. The van der Waals surface area contributed by atoms with E-state index >= 15 is 0 Å². The molecular weight excluding hydrogens is 353 g/mol. The molecule has 2 aromatic heterocycles.